The zero-order valence-corrected chi connectivity index (χ0v) is 18.0. The Hall–Kier alpha value is -4.05. The number of nitrogens with zero attached hydrogens (tertiary/aromatic N) is 3. The van der Waals surface area contributed by atoms with Gasteiger partial charge in [-0.25, -0.2) is 14.6 Å². The molecule has 3 heterocycles. The molecular formula is C22H18N4O5S. The third-order valence-electron chi connectivity index (χ3n) is 4.84. The number of pyridine rings is 1. The topological polar surface area (TPSA) is 112 Å². The number of para-hydroxylation sites is 1. The van der Waals surface area contributed by atoms with Crippen LogP contribution >= 0.6 is 11.3 Å². The number of thiophene rings is 1. The first-order valence-electron chi connectivity index (χ1n) is 9.53. The molecule has 0 saturated carbocycles. The number of hydrogen-bond donors (Lipinski definition) is 1. The minimum absolute atomic E-state index is 0.00786. The number of amides is 1. The van der Waals surface area contributed by atoms with E-state index < -0.39 is 29.7 Å². The van der Waals surface area contributed by atoms with Crippen molar-refractivity contribution in [1.29, 1.82) is 0 Å². The number of benzene rings is 1. The highest BCUT2D eigenvalue weighted by molar-refractivity contribution is 7.13. The van der Waals surface area contributed by atoms with Gasteiger partial charge in [-0.2, -0.15) is 0 Å². The molecule has 0 spiro atoms. The van der Waals surface area contributed by atoms with Gasteiger partial charge in [-0.1, -0.05) is 24.3 Å². The number of hydrogen-bond acceptors (Lipinski definition) is 7. The fraction of sp³-hybridized carbons (Fsp3) is 0.136. The Morgan fingerprint density at radius 1 is 1.06 bits per heavy atom. The van der Waals surface area contributed by atoms with Gasteiger partial charge < -0.3 is 10.1 Å². The predicted octanol–water partition coefficient (Wildman–Crippen LogP) is 2.16. The summed E-state index contributed by atoms with van der Waals surface area (Å²) in [7, 11) is 2.75. The van der Waals surface area contributed by atoms with Crippen LogP contribution in [0.2, 0.25) is 0 Å². The van der Waals surface area contributed by atoms with E-state index in [0.717, 1.165) is 20.1 Å². The van der Waals surface area contributed by atoms with Gasteiger partial charge in [0, 0.05) is 25.5 Å². The van der Waals surface area contributed by atoms with Crippen LogP contribution in [0, 0.1) is 0 Å². The summed E-state index contributed by atoms with van der Waals surface area (Å²) in [5.74, 6) is -1.36. The van der Waals surface area contributed by atoms with Crippen molar-refractivity contribution in [3.8, 4) is 10.6 Å². The molecule has 3 aromatic heterocycles. The van der Waals surface area contributed by atoms with E-state index in [1.54, 1.807) is 24.3 Å². The van der Waals surface area contributed by atoms with E-state index in [2.05, 4.69) is 10.3 Å². The maximum Gasteiger partial charge on any atom is 0.339 e. The Morgan fingerprint density at radius 2 is 1.84 bits per heavy atom. The molecule has 9 nitrogen and oxygen atoms in total. The molecule has 0 fully saturated rings. The van der Waals surface area contributed by atoms with Crippen molar-refractivity contribution in [2.75, 3.05) is 11.9 Å². The molecule has 0 radical (unpaired) electrons. The van der Waals surface area contributed by atoms with Crippen molar-refractivity contribution in [3.05, 3.63) is 80.3 Å². The molecule has 4 aromatic rings. The fourth-order valence-electron chi connectivity index (χ4n) is 3.14. The molecule has 1 N–H and O–H groups in total. The molecule has 10 heteroatoms. The highest BCUT2D eigenvalue weighted by atomic mass is 32.1. The number of aromatic nitrogens is 3. The average molecular weight is 450 g/mol. The van der Waals surface area contributed by atoms with E-state index in [4.69, 9.17) is 4.74 Å². The lowest BCUT2D eigenvalue weighted by molar-refractivity contribution is -0.119. The summed E-state index contributed by atoms with van der Waals surface area (Å²) in [4.78, 5) is 54.4. The summed E-state index contributed by atoms with van der Waals surface area (Å²) in [6.07, 6.45) is 0. The van der Waals surface area contributed by atoms with E-state index in [0.29, 0.717) is 16.6 Å². The zero-order chi connectivity index (χ0) is 22.8. The first kappa shape index (κ1) is 21.2. The summed E-state index contributed by atoms with van der Waals surface area (Å²) in [6.45, 7) is -0.590. The Balaban J connectivity index is 1.55. The van der Waals surface area contributed by atoms with Gasteiger partial charge in [-0.05, 0) is 23.6 Å². The summed E-state index contributed by atoms with van der Waals surface area (Å²) in [5.41, 5.74) is 0.391. The second-order valence-electron chi connectivity index (χ2n) is 6.94. The molecule has 162 valence electrons. The SMILES string of the molecule is Cn1c(NC(=O)COC(=O)c2cc(-c3cccs3)nc3ccccc23)cc(=O)n(C)c1=O. The molecule has 0 bridgehead atoms. The number of nitrogens with one attached hydrogen (secondary N) is 1. The summed E-state index contributed by atoms with van der Waals surface area (Å²) in [5, 5.41) is 4.94. The summed E-state index contributed by atoms with van der Waals surface area (Å²) in [6, 6.07) is 13.7. The highest BCUT2D eigenvalue weighted by Crippen LogP contribution is 2.28. The van der Waals surface area contributed by atoms with Gasteiger partial charge in [0.1, 0.15) is 5.82 Å². The van der Waals surface area contributed by atoms with Crippen LogP contribution in [-0.2, 0) is 23.6 Å². The molecule has 32 heavy (non-hydrogen) atoms. The second-order valence-corrected chi connectivity index (χ2v) is 7.89. The van der Waals surface area contributed by atoms with Crippen LogP contribution in [0.25, 0.3) is 21.5 Å². The van der Waals surface area contributed by atoms with Crippen LogP contribution < -0.4 is 16.6 Å². The van der Waals surface area contributed by atoms with Crippen LogP contribution in [0.3, 0.4) is 0 Å². The molecule has 4 rings (SSSR count). The Labute approximate surface area is 185 Å². The molecule has 0 unspecified atom stereocenters. The van der Waals surface area contributed by atoms with Crippen molar-refractivity contribution >= 4 is 39.9 Å². The van der Waals surface area contributed by atoms with E-state index in [1.807, 2.05) is 23.6 Å². The number of ether oxygens (including phenoxy) is 1. The molecule has 0 aliphatic rings. The van der Waals surface area contributed by atoms with Crippen molar-refractivity contribution < 1.29 is 14.3 Å². The Morgan fingerprint density at radius 3 is 2.59 bits per heavy atom. The normalized spacial score (nSPS) is 10.8. The molecule has 0 saturated heterocycles. The number of carbonyl (C=O) groups excluding carboxylic acids is 2. The van der Waals surface area contributed by atoms with Crippen LogP contribution in [0.15, 0.2) is 63.5 Å². The molecule has 1 amide bonds. The van der Waals surface area contributed by atoms with Gasteiger partial charge in [0.25, 0.3) is 11.5 Å². The van der Waals surface area contributed by atoms with Crippen molar-refractivity contribution in [1.82, 2.24) is 14.1 Å². The lowest BCUT2D eigenvalue weighted by atomic mass is 10.1. The Kier molecular flexibility index (Phi) is 5.69. The van der Waals surface area contributed by atoms with Gasteiger partial charge in [0.05, 0.1) is 21.7 Å². The fourth-order valence-corrected chi connectivity index (χ4v) is 3.82. The van der Waals surface area contributed by atoms with E-state index >= 15 is 0 Å². The smallest absolute Gasteiger partial charge is 0.339 e. The molecule has 0 aliphatic heterocycles. The van der Waals surface area contributed by atoms with Gasteiger partial charge in [0.2, 0.25) is 0 Å². The number of carbonyl (C=O) groups is 2. The van der Waals surface area contributed by atoms with Crippen LogP contribution in [0.5, 0.6) is 0 Å². The average Bonchev–Trinajstić information content (AvgIpc) is 3.34. The maximum atomic E-state index is 12.8. The van der Waals surface area contributed by atoms with E-state index in [9.17, 15) is 19.2 Å². The first-order valence-corrected chi connectivity index (χ1v) is 10.4. The minimum Gasteiger partial charge on any atom is -0.452 e. The molecular weight excluding hydrogens is 432 g/mol. The second kappa shape index (κ2) is 8.60. The van der Waals surface area contributed by atoms with Crippen LogP contribution in [0.1, 0.15) is 10.4 Å². The van der Waals surface area contributed by atoms with E-state index in [1.165, 1.54) is 25.4 Å². The Bertz CT molecular complexity index is 1450. The lowest BCUT2D eigenvalue weighted by Crippen LogP contribution is -2.38. The predicted molar refractivity (Wildman–Crippen MR) is 121 cm³/mol. The van der Waals surface area contributed by atoms with Gasteiger partial charge in [0.15, 0.2) is 6.61 Å². The standard InChI is InChI=1S/C22H18N4O5S/c1-25-18(11-20(28)26(2)22(25)30)24-19(27)12-31-21(29)14-10-16(17-8-5-9-32-17)23-15-7-4-3-6-13(14)15/h3-11H,12H2,1-2H3,(H,24,27). The van der Waals surface area contributed by atoms with Crippen molar-refractivity contribution in [2.24, 2.45) is 14.1 Å². The van der Waals surface area contributed by atoms with Gasteiger partial charge in [-0.3, -0.25) is 18.7 Å². The minimum atomic E-state index is -0.686. The highest BCUT2D eigenvalue weighted by Gasteiger charge is 2.17. The van der Waals surface area contributed by atoms with Crippen molar-refractivity contribution in [3.63, 3.8) is 0 Å². The third kappa shape index (κ3) is 4.08. The summed E-state index contributed by atoms with van der Waals surface area (Å²) < 4.78 is 7.25. The number of esters is 1. The molecule has 1 aromatic carbocycles. The number of fused-ring (bicyclic) bond motifs is 1. The van der Waals surface area contributed by atoms with Gasteiger partial charge in [-0.15, -0.1) is 11.3 Å². The quantitative estimate of drug-likeness (QED) is 0.466. The largest absolute Gasteiger partial charge is 0.452 e. The van der Waals surface area contributed by atoms with Crippen LogP contribution in [0.4, 0.5) is 5.82 Å². The zero-order valence-electron chi connectivity index (χ0n) is 17.2. The number of anilines is 1. The van der Waals surface area contributed by atoms with Gasteiger partial charge >= 0.3 is 11.7 Å². The maximum absolute atomic E-state index is 12.8. The monoisotopic (exact) mass is 450 g/mol. The first-order chi connectivity index (χ1) is 15.3. The van der Waals surface area contributed by atoms with Crippen molar-refractivity contribution in [2.45, 2.75) is 0 Å². The number of rotatable bonds is 5. The third-order valence-corrected chi connectivity index (χ3v) is 5.73. The summed E-state index contributed by atoms with van der Waals surface area (Å²) >= 11 is 1.50. The lowest BCUT2D eigenvalue weighted by Gasteiger charge is -2.12. The van der Waals surface area contributed by atoms with Crippen LogP contribution in [-0.4, -0.2) is 32.6 Å². The molecule has 0 atom stereocenters. The van der Waals surface area contributed by atoms with E-state index in [-0.39, 0.29) is 11.4 Å². The molecule has 0 aliphatic carbocycles.